The van der Waals surface area contributed by atoms with Crippen LogP contribution in [-0.4, -0.2) is 10.3 Å². The van der Waals surface area contributed by atoms with E-state index in [4.69, 9.17) is 5.73 Å². The van der Waals surface area contributed by atoms with E-state index in [2.05, 4.69) is 14.9 Å². The first-order chi connectivity index (χ1) is 9.15. The Bertz CT molecular complexity index is 760. The zero-order valence-electron chi connectivity index (χ0n) is 9.43. The molecule has 1 heterocycles. The van der Waals surface area contributed by atoms with Crippen molar-refractivity contribution in [1.29, 1.82) is 0 Å². The van der Waals surface area contributed by atoms with Crippen LogP contribution in [0.25, 0.3) is 11.0 Å². The lowest BCUT2D eigenvalue weighted by Gasteiger charge is -2.04. The van der Waals surface area contributed by atoms with E-state index in [1.807, 2.05) is 0 Å². The third kappa shape index (κ3) is 2.12. The summed E-state index contributed by atoms with van der Waals surface area (Å²) in [5.74, 6) is -1.01. The highest BCUT2D eigenvalue weighted by molar-refractivity contribution is 7.99. The van der Waals surface area contributed by atoms with Crippen LogP contribution in [0.5, 0.6) is 0 Å². The van der Waals surface area contributed by atoms with Crippen molar-refractivity contribution in [3.05, 3.63) is 42.0 Å². The Morgan fingerprint density at radius 2 is 1.79 bits per heavy atom. The Labute approximate surface area is 110 Å². The summed E-state index contributed by atoms with van der Waals surface area (Å²) in [5.41, 5.74) is 6.96. The number of nitrogens with zero attached hydrogens (tertiary/aromatic N) is 2. The normalized spacial score (nSPS) is 11.1. The van der Waals surface area contributed by atoms with Gasteiger partial charge in [-0.3, -0.25) is 0 Å². The highest BCUT2D eigenvalue weighted by Crippen LogP contribution is 2.35. The van der Waals surface area contributed by atoms with E-state index in [1.54, 1.807) is 12.1 Å². The molecule has 3 aromatic rings. The van der Waals surface area contributed by atoms with E-state index in [-0.39, 0.29) is 4.90 Å². The van der Waals surface area contributed by atoms with Crippen molar-refractivity contribution in [2.45, 2.75) is 9.79 Å². The summed E-state index contributed by atoms with van der Waals surface area (Å²) in [5, 5.41) is 7.39. The summed E-state index contributed by atoms with van der Waals surface area (Å²) in [6.45, 7) is 0. The molecule has 0 spiro atoms. The molecule has 1 aromatic heterocycles. The lowest BCUT2D eigenvalue weighted by atomic mass is 10.3. The Morgan fingerprint density at radius 1 is 1.00 bits per heavy atom. The van der Waals surface area contributed by atoms with Gasteiger partial charge in [0.05, 0.1) is 10.6 Å². The lowest BCUT2D eigenvalue weighted by Crippen LogP contribution is -1.89. The number of hydrogen-bond acceptors (Lipinski definition) is 5. The molecular weight excluding hydrogens is 272 g/mol. The Hall–Kier alpha value is -2.15. The number of rotatable bonds is 2. The molecule has 0 saturated carbocycles. The van der Waals surface area contributed by atoms with Gasteiger partial charge in [-0.15, -0.1) is 0 Å². The molecule has 0 aliphatic carbocycles. The van der Waals surface area contributed by atoms with E-state index in [9.17, 15) is 8.78 Å². The second-order valence-corrected chi connectivity index (χ2v) is 4.87. The van der Waals surface area contributed by atoms with Crippen LogP contribution in [0.3, 0.4) is 0 Å². The molecule has 0 fully saturated rings. The van der Waals surface area contributed by atoms with Gasteiger partial charge in [0.15, 0.2) is 11.0 Å². The molecule has 0 aliphatic rings. The van der Waals surface area contributed by atoms with Crippen LogP contribution in [0, 0.1) is 11.6 Å². The van der Waals surface area contributed by atoms with Crippen molar-refractivity contribution in [1.82, 2.24) is 10.3 Å². The standard InChI is InChI=1S/C12H7F2N3OS/c13-6-1-2-7(14)10(5-6)19-9-4-3-8(15)11-12(9)17-18-16-11/h1-5H,15H2. The second kappa shape index (κ2) is 4.51. The van der Waals surface area contributed by atoms with Crippen molar-refractivity contribution < 1.29 is 13.4 Å². The van der Waals surface area contributed by atoms with Gasteiger partial charge < -0.3 is 5.73 Å². The maximum Gasteiger partial charge on any atom is 0.159 e. The molecule has 0 saturated heterocycles. The number of aromatic nitrogens is 2. The van der Waals surface area contributed by atoms with Crippen LogP contribution in [0.1, 0.15) is 0 Å². The van der Waals surface area contributed by atoms with Gasteiger partial charge in [-0.2, -0.15) is 0 Å². The van der Waals surface area contributed by atoms with E-state index in [1.165, 1.54) is 0 Å². The SMILES string of the molecule is Nc1ccc(Sc2cc(F)ccc2F)c2nonc12. The topological polar surface area (TPSA) is 64.9 Å². The van der Waals surface area contributed by atoms with Gasteiger partial charge in [0.2, 0.25) is 0 Å². The fourth-order valence-corrected chi connectivity index (χ4v) is 2.56. The summed E-state index contributed by atoms with van der Waals surface area (Å²) in [6, 6.07) is 6.54. The minimum absolute atomic E-state index is 0.161. The fraction of sp³-hybridized carbons (Fsp3) is 0. The predicted molar refractivity (Wildman–Crippen MR) is 66.7 cm³/mol. The average Bonchev–Trinajstić information content (AvgIpc) is 2.87. The van der Waals surface area contributed by atoms with Gasteiger partial charge in [-0.05, 0) is 40.6 Å². The summed E-state index contributed by atoms with van der Waals surface area (Å²) in [7, 11) is 0. The van der Waals surface area contributed by atoms with Gasteiger partial charge in [0, 0.05) is 4.90 Å². The molecule has 0 unspecified atom stereocenters. The molecule has 96 valence electrons. The predicted octanol–water partition coefficient (Wildman–Crippen LogP) is 3.23. The molecule has 2 aromatic carbocycles. The van der Waals surface area contributed by atoms with Gasteiger partial charge in [-0.1, -0.05) is 11.8 Å². The van der Waals surface area contributed by atoms with Gasteiger partial charge in [0.25, 0.3) is 0 Å². The molecule has 19 heavy (non-hydrogen) atoms. The van der Waals surface area contributed by atoms with Crippen LogP contribution in [0.15, 0.2) is 44.8 Å². The average molecular weight is 279 g/mol. The summed E-state index contributed by atoms with van der Waals surface area (Å²) in [4.78, 5) is 0.754. The molecule has 0 radical (unpaired) electrons. The van der Waals surface area contributed by atoms with Crippen molar-refractivity contribution in [3.8, 4) is 0 Å². The number of fused-ring (bicyclic) bond motifs is 1. The summed E-state index contributed by atoms with van der Waals surface area (Å²) >= 11 is 1.04. The minimum atomic E-state index is -0.507. The minimum Gasteiger partial charge on any atom is -0.397 e. The molecule has 0 atom stereocenters. The first-order valence-electron chi connectivity index (χ1n) is 5.29. The van der Waals surface area contributed by atoms with Crippen molar-refractivity contribution in [2.24, 2.45) is 0 Å². The van der Waals surface area contributed by atoms with Crippen LogP contribution in [-0.2, 0) is 0 Å². The van der Waals surface area contributed by atoms with E-state index in [0.717, 1.165) is 30.0 Å². The largest absolute Gasteiger partial charge is 0.397 e. The van der Waals surface area contributed by atoms with Gasteiger partial charge in [0.1, 0.15) is 11.6 Å². The third-order valence-electron chi connectivity index (χ3n) is 2.52. The maximum absolute atomic E-state index is 13.6. The molecule has 3 rings (SSSR count). The van der Waals surface area contributed by atoms with Crippen LogP contribution in [0.2, 0.25) is 0 Å². The van der Waals surface area contributed by atoms with Crippen LogP contribution >= 0.6 is 11.8 Å². The van der Waals surface area contributed by atoms with Crippen molar-refractivity contribution >= 4 is 28.5 Å². The molecule has 4 nitrogen and oxygen atoms in total. The molecule has 0 aliphatic heterocycles. The second-order valence-electron chi connectivity index (χ2n) is 3.79. The van der Waals surface area contributed by atoms with Crippen molar-refractivity contribution in [2.75, 3.05) is 5.73 Å². The van der Waals surface area contributed by atoms with E-state index >= 15 is 0 Å². The first kappa shape index (κ1) is 11.9. The molecule has 0 bridgehead atoms. The first-order valence-corrected chi connectivity index (χ1v) is 6.10. The van der Waals surface area contributed by atoms with Gasteiger partial charge >= 0.3 is 0 Å². The fourth-order valence-electron chi connectivity index (χ4n) is 1.62. The number of benzene rings is 2. The summed E-state index contributed by atoms with van der Waals surface area (Å²) in [6.07, 6.45) is 0. The highest BCUT2D eigenvalue weighted by atomic mass is 32.2. The Kier molecular flexibility index (Phi) is 2.83. The summed E-state index contributed by atoms with van der Waals surface area (Å²) < 4.78 is 31.3. The smallest absolute Gasteiger partial charge is 0.159 e. The zero-order chi connectivity index (χ0) is 13.4. The quantitative estimate of drug-likeness (QED) is 0.729. The zero-order valence-corrected chi connectivity index (χ0v) is 10.2. The number of hydrogen-bond donors (Lipinski definition) is 1. The third-order valence-corrected chi connectivity index (χ3v) is 3.60. The van der Waals surface area contributed by atoms with E-state index in [0.29, 0.717) is 21.6 Å². The molecule has 0 amide bonds. The number of nitrogens with two attached hydrogens (primary N) is 1. The van der Waals surface area contributed by atoms with Crippen LogP contribution < -0.4 is 5.73 Å². The molecular formula is C12H7F2N3OS. The molecule has 2 N–H and O–H groups in total. The molecule has 7 heteroatoms. The number of nitrogen functional groups attached to an aromatic ring is 1. The Balaban J connectivity index is 2.08. The Morgan fingerprint density at radius 3 is 2.63 bits per heavy atom. The van der Waals surface area contributed by atoms with E-state index < -0.39 is 11.6 Å². The van der Waals surface area contributed by atoms with Crippen molar-refractivity contribution in [3.63, 3.8) is 0 Å². The lowest BCUT2D eigenvalue weighted by molar-refractivity contribution is 0.315. The monoisotopic (exact) mass is 279 g/mol. The highest BCUT2D eigenvalue weighted by Gasteiger charge is 2.13. The number of anilines is 1. The van der Waals surface area contributed by atoms with Gasteiger partial charge in [-0.25, -0.2) is 13.4 Å². The maximum atomic E-state index is 13.6. The van der Waals surface area contributed by atoms with Crippen LogP contribution in [0.4, 0.5) is 14.5 Å². The number of halogens is 2.